The maximum absolute atomic E-state index is 15.2. The van der Waals surface area contributed by atoms with E-state index in [-0.39, 0.29) is 23.6 Å². The summed E-state index contributed by atoms with van der Waals surface area (Å²) in [4.78, 5) is 61.6. The maximum Gasteiger partial charge on any atom is 0.268 e. The third kappa shape index (κ3) is 9.43. The van der Waals surface area contributed by atoms with E-state index in [0.717, 1.165) is 111 Å². The third-order valence-corrected chi connectivity index (χ3v) is 19.6. The van der Waals surface area contributed by atoms with Crippen molar-refractivity contribution in [3.8, 4) is 67.0 Å². The maximum atomic E-state index is 15.2. The van der Waals surface area contributed by atoms with Gasteiger partial charge in [0.25, 0.3) is 23.6 Å². The average Bonchev–Trinajstić information content (AvgIpc) is 1.57. The third-order valence-electron chi connectivity index (χ3n) is 19.6. The van der Waals surface area contributed by atoms with Crippen LogP contribution in [-0.2, 0) is 6.42 Å². The number of aromatic nitrogens is 2. The smallest absolute Gasteiger partial charge is 0.268 e. The largest absolute Gasteiger partial charge is 0.308 e. The van der Waals surface area contributed by atoms with Crippen LogP contribution in [-0.4, -0.2) is 32.8 Å². The first-order valence-corrected chi connectivity index (χ1v) is 32.6. The lowest BCUT2D eigenvalue weighted by molar-refractivity contribution is 0.0910. The summed E-state index contributed by atoms with van der Waals surface area (Å²) in [5.74, 6) is -1.40. The number of amides is 4. The number of para-hydroxylation sites is 1. The van der Waals surface area contributed by atoms with Crippen LogP contribution in [0.3, 0.4) is 0 Å². The first kappa shape index (κ1) is 57.6. The number of hydrogen-bond acceptors (Lipinski definition) is 4. The quantitative estimate of drug-likeness (QED) is 0.121. The zero-order valence-corrected chi connectivity index (χ0v) is 53.6. The van der Waals surface area contributed by atoms with Gasteiger partial charge in [0.15, 0.2) is 0 Å². The van der Waals surface area contributed by atoms with Crippen LogP contribution in [0.1, 0.15) is 80.4 Å². The van der Waals surface area contributed by atoms with E-state index in [1.165, 1.54) is 43.2 Å². The highest BCUT2D eigenvalue weighted by Gasteiger charge is 2.41. The van der Waals surface area contributed by atoms with Crippen molar-refractivity contribution in [3.63, 3.8) is 0 Å². The van der Waals surface area contributed by atoms with Crippen LogP contribution in [0.4, 0.5) is 11.4 Å². The molecular weight excluding hydrogens is 1180 g/mol. The zero-order chi connectivity index (χ0) is 65.2. The van der Waals surface area contributed by atoms with Gasteiger partial charge >= 0.3 is 0 Å². The van der Waals surface area contributed by atoms with Crippen molar-refractivity contribution in [1.29, 1.82) is 0 Å². The molecule has 4 amide bonds. The van der Waals surface area contributed by atoms with Crippen molar-refractivity contribution in [2.75, 3.05) is 9.80 Å². The van der Waals surface area contributed by atoms with Crippen molar-refractivity contribution in [3.05, 3.63) is 334 Å². The van der Waals surface area contributed by atoms with E-state index >= 15 is 4.79 Å². The van der Waals surface area contributed by atoms with E-state index in [4.69, 9.17) is 0 Å². The van der Waals surface area contributed by atoms with Crippen LogP contribution >= 0.6 is 0 Å². The standard InChI is InChI=1S/C88H62N4O4/c1-52-38-53(2)41-65(40-52)63-32-35-71-72-36-33-64(51-82(72)92(81(71)50-63)80-31-17-28-74-84(80)88(96)90(86(74)94)69-25-15-23-61(48-69)59-20-10-7-11-21-59)67-43-55(4)75(56(5)44-67)46-57-39-54(3)42-66(45-57)62-34-37-78-76(49-62)70-26-12-13-29-77(70)91(78)79-30-16-27-73-83(79)87(95)89(85(73)93)68-24-14-22-60(47-68)58-18-8-6-9-19-58/h6-45,47-51H,46H2,1-5H3. The van der Waals surface area contributed by atoms with Crippen molar-refractivity contribution in [2.45, 2.75) is 41.0 Å². The predicted octanol–water partition coefficient (Wildman–Crippen LogP) is 20.9. The van der Waals surface area contributed by atoms with Crippen LogP contribution in [0.2, 0.25) is 0 Å². The first-order chi connectivity index (χ1) is 46.8. The van der Waals surface area contributed by atoms with Crippen LogP contribution in [0.25, 0.3) is 111 Å². The number of aryl methyl sites for hydroxylation is 5. The Labute approximate surface area is 555 Å². The molecule has 0 saturated carbocycles. The molecule has 0 atom stereocenters. The van der Waals surface area contributed by atoms with E-state index in [9.17, 15) is 14.4 Å². The Balaban J connectivity index is 0.713. The molecule has 2 aromatic heterocycles. The predicted molar refractivity (Wildman–Crippen MR) is 390 cm³/mol. The summed E-state index contributed by atoms with van der Waals surface area (Å²) >= 11 is 0. The minimum Gasteiger partial charge on any atom is -0.308 e. The fourth-order valence-corrected chi connectivity index (χ4v) is 15.3. The molecule has 96 heavy (non-hydrogen) atoms. The molecule has 2 aliphatic heterocycles. The number of fused-ring (bicyclic) bond motifs is 8. The Morgan fingerprint density at radius 3 is 1.24 bits per heavy atom. The Morgan fingerprint density at radius 2 is 0.688 bits per heavy atom. The molecular formula is C88H62N4O4. The van der Waals surface area contributed by atoms with E-state index in [2.05, 4.69) is 165 Å². The van der Waals surface area contributed by atoms with Gasteiger partial charge in [-0.25, -0.2) is 9.80 Å². The number of benzene rings is 13. The Hall–Kier alpha value is -12.3. The van der Waals surface area contributed by atoms with Crippen molar-refractivity contribution in [1.82, 2.24) is 9.13 Å². The van der Waals surface area contributed by atoms with Gasteiger partial charge in [-0.15, -0.1) is 0 Å². The molecule has 0 radical (unpaired) electrons. The highest BCUT2D eigenvalue weighted by atomic mass is 16.2. The van der Waals surface area contributed by atoms with E-state index in [1.54, 1.807) is 12.1 Å². The summed E-state index contributed by atoms with van der Waals surface area (Å²) in [7, 11) is 0. The summed E-state index contributed by atoms with van der Waals surface area (Å²) in [6.07, 6.45) is 0.725. The molecule has 15 aromatic rings. The molecule has 0 fully saturated rings. The number of anilines is 2. The molecule has 4 heterocycles. The van der Waals surface area contributed by atoms with Gasteiger partial charge in [-0.1, -0.05) is 211 Å². The van der Waals surface area contributed by atoms with Crippen LogP contribution in [0.15, 0.2) is 273 Å². The molecule has 0 spiro atoms. The molecule has 8 heteroatoms. The lowest BCUT2D eigenvalue weighted by Gasteiger charge is -2.16. The van der Waals surface area contributed by atoms with Gasteiger partial charge in [0.05, 0.1) is 67.1 Å². The summed E-state index contributed by atoms with van der Waals surface area (Å²) in [5, 5.41) is 4.16. The van der Waals surface area contributed by atoms with Gasteiger partial charge in [0.1, 0.15) is 0 Å². The summed E-state index contributed by atoms with van der Waals surface area (Å²) in [5.41, 5.74) is 26.2. The number of hydrogen-bond donors (Lipinski definition) is 0. The number of imide groups is 2. The van der Waals surface area contributed by atoms with Gasteiger partial charge in [-0.05, 0) is 198 Å². The van der Waals surface area contributed by atoms with Gasteiger partial charge in [-0.3, -0.25) is 19.2 Å². The van der Waals surface area contributed by atoms with Gasteiger partial charge < -0.3 is 9.13 Å². The van der Waals surface area contributed by atoms with Crippen molar-refractivity contribution < 1.29 is 19.2 Å². The van der Waals surface area contributed by atoms with Crippen molar-refractivity contribution >= 4 is 78.6 Å². The van der Waals surface area contributed by atoms with Gasteiger partial charge in [0, 0.05) is 21.5 Å². The first-order valence-electron chi connectivity index (χ1n) is 32.6. The molecule has 0 unspecified atom stereocenters. The van der Waals surface area contributed by atoms with Crippen molar-refractivity contribution in [2.24, 2.45) is 0 Å². The van der Waals surface area contributed by atoms with E-state index in [1.807, 2.05) is 140 Å². The number of nitrogens with zero attached hydrogens (tertiary/aromatic N) is 4. The molecule has 0 aliphatic carbocycles. The number of carbonyl (C=O) groups is 4. The molecule has 17 rings (SSSR count). The highest BCUT2D eigenvalue weighted by molar-refractivity contribution is 6.37. The Kier molecular flexibility index (Phi) is 13.5. The van der Waals surface area contributed by atoms with Gasteiger partial charge in [0.2, 0.25) is 0 Å². The molecule has 8 nitrogen and oxygen atoms in total. The van der Waals surface area contributed by atoms with Crippen LogP contribution < -0.4 is 9.80 Å². The number of carbonyl (C=O) groups excluding carboxylic acids is 4. The molecule has 0 N–H and O–H groups in total. The van der Waals surface area contributed by atoms with Gasteiger partial charge in [-0.2, -0.15) is 0 Å². The molecule has 458 valence electrons. The monoisotopic (exact) mass is 1240 g/mol. The summed E-state index contributed by atoms with van der Waals surface area (Å²) in [6.45, 7) is 10.8. The minimum atomic E-state index is -0.360. The van der Waals surface area contributed by atoms with Crippen LogP contribution in [0.5, 0.6) is 0 Å². The Bertz CT molecular complexity index is 5810. The van der Waals surface area contributed by atoms with Crippen LogP contribution in [0, 0.1) is 34.6 Å². The molecule has 2 aliphatic rings. The minimum absolute atomic E-state index is 0.342. The second-order valence-corrected chi connectivity index (χ2v) is 25.9. The zero-order valence-electron chi connectivity index (χ0n) is 53.6. The second kappa shape index (κ2) is 22.5. The topological polar surface area (TPSA) is 84.6 Å². The molecule has 13 aromatic carbocycles. The second-order valence-electron chi connectivity index (χ2n) is 25.9. The normalized spacial score (nSPS) is 12.9. The van der Waals surface area contributed by atoms with E-state index in [0.29, 0.717) is 45.0 Å². The fraction of sp³-hybridized carbons (Fsp3) is 0.0682. The molecule has 0 saturated heterocycles. The van der Waals surface area contributed by atoms with E-state index < -0.39 is 0 Å². The SMILES string of the molecule is Cc1cc(C)cc(-c2ccc3c4ccc(-c5cc(C)c(Cc6cc(C)cc(-c7ccc8c(c7)c7ccccc7n8-c7cccc8c7C(=O)N(c7cccc(-c9ccccc9)c7)C8=O)c6)c(C)c5)cc4n(-c4cccc5c4C(=O)N(c4cccc(-c6ccccc6)c4)C5=O)c3c2)c1. The average molecular weight is 1240 g/mol. The fourth-order valence-electron chi connectivity index (χ4n) is 15.3. The number of rotatable bonds is 11. The summed E-state index contributed by atoms with van der Waals surface area (Å²) in [6, 6.07) is 92.7. The Morgan fingerprint density at radius 1 is 0.271 bits per heavy atom. The highest BCUT2D eigenvalue weighted by Crippen LogP contribution is 2.44. The summed E-state index contributed by atoms with van der Waals surface area (Å²) < 4.78 is 4.34. The molecule has 0 bridgehead atoms. The lowest BCUT2D eigenvalue weighted by Crippen LogP contribution is -2.29. The lowest BCUT2D eigenvalue weighted by atomic mass is 9.90.